The molecule has 0 saturated heterocycles. The molecule has 0 spiro atoms. The second-order valence-corrected chi connectivity index (χ2v) is 3.04. The average molecular weight is 202 g/mol. The molecule has 4 nitrogen and oxygen atoms in total. The highest BCUT2D eigenvalue weighted by Gasteiger charge is 1.95. The molecule has 1 rings (SSSR count). The summed E-state index contributed by atoms with van der Waals surface area (Å²) >= 11 is 1.04. The van der Waals surface area contributed by atoms with Crippen LogP contribution in [0.15, 0.2) is 29.2 Å². The van der Waals surface area contributed by atoms with Crippen molar-refractivity contribution >= 4 is 12.0 Å². The zero-order chi connectivity index (χ0) is 9.52. The van der Waals surface area contributed by atoms with Crippen molar-refractivity contribution in [1.82, 2.24) is 0 Å². The molecule has 13 heavy (non-hydrogen) atoms. The number of aryl methyl sites for hydroxylation is 1. The topological polar surface area (TPSA) is 36.9 Å². The molecule has 0 fully saturated rings. The van der Waals surface area contributed by atoms with E-state index in [1.54, 1.807) is 0 Å². The third-order valence-electron chi connectivity index (χ3n) is 1.27. The Labute approximate surface area is 80.7 Å². The highest BCUT2D eigenvalue weighted by molar-refractivity contribution is 7.94. The standard InChI is InChI=1S/C8H10O4S/c1-7-3-5-8(6-4-7)13-12-11-10-9-2/h3-6H,1-2H3. The van der Waals surface area contributed by atoms with E-state index < -0.39 is 0 Å². The van der Waals surface area contributed by atoms with Crippen LogP contribution in [0.2, 0.25) is 0 Å². The quantitative estimate of drug-likeness (QED) is 0.317. The van der Waals surface area contributed by atoms with E-state index in [0.717, 1.165) is 16.9 Å². The van der Waals surface area contributed by atoms with Crippen LogP contribution in [-0.4, -0.2) is 7.11 Å². The molecule has 0 bridgehead atoms. The first kappa shape index (κ1) is 10.5. The van der Waals surface area contributed by atoms with Gasteiger partial charge >= 0.3 is 0 Å². The van der Waals surface area contributed by atoms with E-state index in [1.165, 1.54) is 12.7 Å². The molecular weight excluding hydrogens is 192 g/mol. The molecule has 0 aromatic heterocycles. The van der Waals surface area contributed by atoms with Crippen molar-refractivity contribution in [3.05, 3.63) is 29.8 Å². The largest absolute Gasteiger partial charge is 0.207 e. The van der Waals surface area contributed by atoms with Gasteiger partial charge in [0.15, 0.2) is 0 Å². The fourth-order valence-electron chi connectivity index (χ4n) is 0.686. The Morgan fingerprint density at radius 3 is 2.38 bits per heavy atom. The predicted octanol–water partition coefficient (Wildman–Crippen LogP) is 2.44. The van der Waals surface area contributed by atoms with E-state index in [2.05, 4.69) is 19.3 Å². The molecule has 1 aromatic carbocycles. The normalized spacial score (nSPS) is 10.3. The van der Waals surface area contributed by atoms with Gasteiger partial charge in [-0.3, -0.25) is 0 Å². The van der Waals surface area contributed by atoms with Crippen LogP contribution >= 0.6 is 12.0 Å². The zero-order valence-electron chi connectivity index (χ0n) is 7.35. The lowest BCUT2D eigenvalue weighted by molar-refractivity contribution is -0.597. The van der Waals surface area contributed by atoms with Crippen molar-refractivity contribution in [1.29, 1.82) is 0 Å². The van der Waals surface area contributed by atoms with E-state index >= 15 is 0 Å². The highest BCUT2D eigenvalue weighted by atomic mass is 32.2. The maximum atomic E-state index is 4.57. The average Bonchev–Trinajstić information content (AvgIpc) is 2.15. The van der Waals surface area contributed by atoms with Crippen molar-refractivity contribution in [3.8, 4) is 0 Å². The van der Waals surface area contributed by atoms with Gasteiger partial charge in [0.25, 0.3) is 0 Å². The summed E-state index contributed by atoms with van der Waals surface area (Å²) < 4.78 is 4.57. The van der Waals surface area contributed by atoms with Gasteiger partial charge in [-0.1, -0.05) is 17.7 Å². The predicted molar refractivity (Wildman–Crippen MR) is 47.3 cm³/mol. The van der Waals surface area contributed by atoms with Crippen molar-refractivity contribution in [3.63, 3.8) is 0 Å². The second kappa shape index (κ2) is 5.95. The Morgan fingerprint density at radius 2 is 1.77 bits per heavy atom. The monoisotopic (exact) mass is 202 g/mol. The van der Waals surface area contributed by atoms with Crippen LogP contribution in [-0.2, 0) is 19.3 Å². The molecule has 0 unspecified atom stereocenters. The molecule has 0 N–H and O–H groups in total. The second-order valence-electron chi connectivity index (χ2n) is 2.27. The van der Waals surface area contributed by atoms with Gasteiger partial charge in [-0.2, -0.15) is 0 Å². The summed E-state index contributed by atoms with van der Waals surface area (Å²) in [5.41, 5.74) is 1.19. The minimum atomic E-state index is 0.922. The smallest absolute Gasteiger partial charge is 0.0745 e. The van der Waals surface area contributed by atoms with Gasteiger partial charge in [-0.05, 0) is 29.1 Å². The van der Waals surface area contributed by atoms with Crippen LogP contribution in [0.5, 0.6) is 0 Å². The van der Waals surface area contributed by atoms with E-state index in [0.29, 0.717) is 0 Å². The van der Waals surface area contributed by atoms with Crippen LogP contribution in [0.1, 0.15) is 5.56 Å². The van der Waals surface area contributed by atoms with Gasteiger partial charge < -0.3 is 0 Å². The SMILES string of the molecule is COOOOSc1ccc(C)cc1. The van der Waals surface area contributed by atoms with Gasteiger partial charge in [0.1, 0.15) is 0 Å². The van der Waals surface area contributed by atoms with Crippen molar-refractivity contribution in [2.45, 2.75) is 11.8 Å². The Kier molecular flexibility index (Phi) is 4.81. The first-order chi connectivity index (χ1) is 6.33. The Hall–Kier alpha value is -0.590. The molecular formula is C8H10O4S. The minimum absolute atomic E-state index is 0.922. The fourth-order valence-corrected chi connectivity index (χ4v) is 1.06. The Bertz CT molecular complexity index is 236. The number of hydrogen-bond donors (Lipinski definition) is 0. The Morgan fingerprint density at radius 1 is 1.08 bits per heavy atom. The van der Waals surface area contributed by atoms with Gasteiger partial charge in [-0.15, -0.1) is 4.33 Å². The van der Waals surface area contributed by atoms with E-state index in [1.807, 2.05) is 31.2 Å². The first-order valence-electron chi connectivity index (χ1n) is 3.60. The number of hydrogen-bond acceptors (Lipinski definition) is 5. The van der Waals surface area contributed by atoms with E-state index in [9.17, 15) is 0 Å². The number of rotatable bonds is 5. The van der Waals surface area contributed by atoms with Crippen LogP contribution < -0.4 is 0 Å². The summed E-state index contributed by atoms with van der Waals surface area (Å²) in [6, 6.07) is 7.78. The lowest BCUT2D eigenvalue weighted by Crippen LogP contribution is -1.89. The summed E-state index contributed by atoms with van der Waals surface area (Å²) in [5.74, 6) is 0. The molecule has 0 radical (unpaired) electrons. The number of benzene rings is 1. The maximum absolute atomic E-state index is 4.57. The summed E-state index contributed by atoms with van der Waals surface area (Å²) in [6.07, 6.45) is 0. The zero-order valence-corrected chi connectivity index (χ0v) is 8.17. The lowest BCUT2D eigenvalue weighted by atomic mass is 10.2. The molecule has 5 heteroatoms. The molecule has 1 aromatic rings. The molecule has 0 heterocycles. The van der Waals surface area contributed by atoms with Crippen LogP contribution in [0.4, 0.5) is 0 Å². The Balaban J connectivity index is 2.25. The third kappa shape index (κ3) is 4.25. The lowest BCUT2D eigenvalue weighted by Gasteiger charge is -1.99. The van der Waals surface area contributed by atoms with E-state index in [-0.39, 0.29) is 0 Å². The summed E-state index contributed by atoms with van der Waals surface area (Å²) in [7, 11) is 1.32. The molecule has 0 aliphatic heterocycles. The van der Waals surface area contributed by atoms with Crippen LogP contribution in [0.3, 0.4) is 0 Å². The summed E-state index contributed by atoms with van der Waals surface area (Å²) in [5, 5.41) is 8.19. The fraction of sp³-hybridized carbons (Fsp3) is 0.250. The van der Waals surface area contributed by atoms with Gasteiger partial charge in [0.05, 0.1) is 19.2 Å². The van der Waals surface area contributed by atoms with Crippen LogP contribution in [0, 0.1) is 6.92 Å². The summed E-state index contributed by atoms with van der Waals surface area (Å²) in [4.78, 5) is 5.06. The third-order valence-corrected chi connectivity index (χ3v) is 1.86. The minimum Gasteiger partial charge on any atom is -0.207 e. The molecule has 72 valence electrons. The molecule has 0 aliphatic carbocycles. The van der Waals surface area contributed by atoms with Crippen molar-refractivity contribution < 1.29 is 19.3 Å². The summed E-state index contributed by atoms with van der Waals surface area (Å²) in [6.45, 7) is 2.01. The van der Waals surface area contributed by atoms with E-state index in [4.69, 9.17) is 0 Å². The van der Waals surface area contributed by atoms with Crippen LogP contribution in [0.25, 0.3) is 0 Å². The van der Waals surface area contributed by atoms with Gasteiger partial charge in [0, 0.05) is 4.90 Å². The molecule has 0 aliphatic rings. The molecule has 0 saturated carbocycles. The highest BCUT2D eigenvalue weighted by Crippen LogP contribution is 2.19. The maximum Gasteiger partial charge on any atom is 0.0745 e. The molecule has 0 atom stereocenters. The van der Waals surface area contributed by atoms with Gasteiger partial charge in [0.2, 0.25) is 0 Å². The van der Waals surface area contributed by atoms with Crippen molar-refractivity contribution in [2.24, 2.45) is 0 Å². The van der Waals surface area contributed by atoms with Gasteiger partial charge in [-0.25, -0.2) is 4.89 Å². The first-order valence-corrected chi connectivity index (χ1v) is 4.34. The molecule has 0 amide bonds. The van der Waals surface area contributed by atoms with Crippen molar-refractivity contribution in [2.75, 3.05) is 7.11 Å².